The number of alkyl halides is 1. The molecule has 2 aromatic carbocycles. The lowest BCUT2D eigenvalue weighted by molar-refractivity contribution is 0.270. The summed E-state index contributed by atoms with van der Waals surface area (Å²) in [6.45, 7) is 0.975. The smallest absolute Gasteiger partial charge is 0.133 e. The van der Waals surface area contributed by atoms with Gasteiger partial charge in [0.15, 0.2) is 0 Å². The Balaban J connectivity index is 1.99. The van der Waals surface area contributed by atoms with E-state index in [1.54, 1.807) is 14.2 Å². The zero-order valence-corrected chi connectivity index (χ0v) is 16.1. The quantitative estimate of drug-likeness (QED) is 0.596. The summed E-state index contributed by atoms with van der Waals surface area (Å²) in [5.74, 6) is 2.27. The predicted molar refractivity (Wildman–Crippen MR) is 101 cm³/mol. The van der Waals surface area contributed by atoms with Crippen molar-refractivity contribution in [1.29, 1.82) is 0 Å². The zero-order valence-electron chi connectivity index (χ0n) is 14.5. The molecule has 0 atom stereocenters. The highest BCUT2D eigenvalue weighted by molar-refractivity contribution is 9.10. The van der Waals surface area contributed by atoms with Gasteiger partial charge in [0.05, 0.1) is 18.7 Å². The third kappa shape index (κ3) is 5.61. The first-order valence-electron chi connectivity index (χ1n) is 8.07. The van der Waals surface area contributed by atoms with Gasteiger partial charge >= 0.3 is 0 Å². The van der Waals surface area contributed by atoms with Crippen LogP contribution in [0.2, 0.25) is 0 Å². The summed E-state index contributed by atoms with van der Waals surface area (Å²) in [7, 11) is 3.29. The lowest BCUT2D eigenvalue weighted by atomic mass is 10.1. The molecule has 25 heavy (non-hydrogen) atoms. The monoisotopic (exact) mass is 411 g/mol. The molecule has 0 bridgehead atoms. The van der Waals surface area contributed by atoms with Crippen molar-refractivity contribution < 1.29 is 18.6 Å². The van der Waals surface area contributed by atoms with E-state index in [4.69, 9.17) is 14.2 Å². The maximum absolute atomic E-state index is 12.4. The zero-order chi connectivity index (χ0) is 18.1. The molecule has 2 rings (SSSR count). The van der Waals surface area contributed by atoms with Gasteiger partial charge in [-0.15, -0.1) is 0 Å². The fourth-order valence-electron chi connectivity index (χ4n) is 2.51. The Bertz CT molecular complexity index is 682. The number of hydrogen-bond donors (Lipinski definition) is 1. The highest BCUT2D eigenvalue weighted by Crippen LogP contribution is 2.33. The van der Waals surface area contributed by atoms with E-state index < -0.39 is 6.67 Å². The summed E-state index contributed by atoms with van der Waals surface area (Å²) in [4.78, 5) is 0. The van der Waals surface area contributed by atoms with Gasteiger partial charge in [-0.3, -0.25) is 0 Å². The molecule has 0 aromatic heterocycles. The van der Waals surface area contributed by atoms with Crippen LogP contribution in [-0.2, 0) is 13.0 Å². The van der Waals surface area contributed by atoms with Crippen molar-refractivity contribution >= 4 is 15.9 Å². The molecule has 1 N–H and O–H groups in total. The molecule has 4 nitrogen and oxygen atoms in total. The van der Waals surface area contributed by atoms with Gasteiger partial charge < -0.3 is 19.5 Å². The Morgan fingerprint density at radius 1 is 1.00 bits per heavy atom. The van der Waals surface area contributed by atoms with Crippen LogP contribution in [0.1, 0.15) is 11.1 Å². The third-order valence-electron chi connectivity index (χ3n) is 3.75. The van der Waals surface area contributed by atoms with Crippen LogP contribution in [0.25, 0.3) is 0 Å². The molecule has 0 aliphatic heterocycles. The van der Waals surface area contributed by atoms with Crippen LogP contribution in [-0.4, -0.2) is 34.0 Å². The highest BCUT2D eigenvalue weighted by atomic mass is 79.9. The molecule has 6 heteroatoms. The summed E-state index contributed by atoms with van der Waals surface area (Å²) < 4.78 is 29.4. The van der Waals surface area contributed by atoms with E-state index in [2.05, 4.69) is 21.2 Å². The third-order valence-corrected chi connectivity index (χ3v) is 4.37. The number of hydrogen-bond acceptors (Lipinski definition) is 4. The molecule has 0 amide bonds. The predicted octanol–water partition coefficient (Wildman–Crippen LogP) is 4.15. The molecular weight excluding hydrogens is 389 g/mol. The minimum absolute atomic E-state index is 0.0421. The van der Waals surface area contributed by atoms with Gasteiger partial charge in [0.25, 0.3) is 0 Å². The average Bonchev–Trinajstić information content (AvgIpc) is 2.64. The molecule has 0 aliphatic carbocycles. The summed E-state index contributed by atoms with van der Waals surface area (Å²) in [6, 6.07) is 11.7. The fourth-order valence-corrected chi connectivity index (χ4v) is 2.99. The largest absolute Gasteiger partial charge is 0.496 e. The molecule has 0 radical (unpaired) electrons. The summed E-state index contributed by atoms with van der Waals surface area (Å²) in [6.07, 6.45) is 0.737. The van der Waals surface area contributed by atoms with E-state index >= 15 is 0 Å². The van der Waals surface area contributed by atoms with Crippen LogP contribution in [0.3, 0.4) is 0 Å². The molecule has 0 heterocycles. The Hall–Kier alpha value is -1.79. The van der Waals surface area contributed by atoms with E-state index in [0.717, 1.165) is 40.1 Å². The normalized spacial score (nSPS) is 10.6. The van der Waals surface area contributed by atoms with E-state index in [0.29, 0.717) is 12.3 Å². The van der Waals surface area contributed by atoms with Gasteiger partial charge in [0.1, 0.15) is 30.5 Å². The van der Waals surface area contributed by atoms with Gasteiger partial charge in [0, 0.05) is 12.1 Å². The second-order valence-corrected chi connectivity index (χ2v) is 6.22. The van der Waals surface area contributed by atoms with Crippen LogP contribution in [0.4, 0.5) is 4.39 Å². The van der Waals surface area contributed by atoms with Gasteiger partial charge in [-0.2, -0.15) is 0 Å². The second-order valence-electron chi connectivity index (χ2n) is 5.37. The molecule has 0 unspecified atom stereocenters. The maximum Gasteiger partial charge on any atom is 0.133 e. The fraction of sp³-hybridized carbons (Fsp3) is 0.368. The number of halogens is 2. The number of nitrogens with one attached hydrogen (secondary N) is 1. The van der Waals surface area contributed by atoms with Crippen molar-refractivity contribution in [1.82, 2.24) is 5.32 Å². The van der Waals surface area contributed by atoms with Crippen molar-refractivity contribution in [2.75, 3.05) is 34.0 Å². The number of ether oxygens (including phenoxy) is 3. The van der Waals surface area contributed by atoms with E-state index in [-0.39, 0.29) is 6.61 Å². The summed E-state index contributed by atoms with van der Waals surface area (Å²) >= 11 is 3.43. The summed E-state index contributed by atoms with van der Waals surface area (Å²) in [5, 5.41) is 3.40. The van der Waals surface area contributed by atoms with Crippen molar-refractivity contribution in [2.45, 2.75) is 13.0 Å². The van der Waals surface area contributed by atoms with Crippen molar-refractivity contribution in [3.05, 3.63) is 52.0 Å². The SMILES string of the molecule is COc1cc(CCNCc2ccccc2OC)c(OCCF)cc1Br. The Morgan fingerprint density at radius 3 is 2.48 bits per heavy atom. The Kier molecular flexibility index (Phi) is 8.01. The maximum atomic E-state index is 12.4. The van der Waals surface area contributed by atoms with Gasteiger partial charge in [-0.1, -0.05) is 18.2 Å². The first-order chi connectivity index (χ1) is 12.2. The second kappa shape index (κ2) is 10.3. The van der Waals surface area contributed by atoms with Crippen LogP contribution < -0.4 is 19.5 Å². The molecule has 2 aromatic rings. The number of benzene rings is 2. The number of methoxy groups -OCH3 is 2. The van der Waals surface area contributed by atoms with Crippen LogP contribution >= 0.6 is 15.9 Å². The lowest BCUT2D eigenvalue weighted by Gasteiger charge is -2.14. The first kappa shape index (κ1) is 19.5. The lowest BCUT2D eigenvalue weighted by Crippen LogP contribution is -2.17. The van der Waals surface area contributed by atoms with Crippen LogP contribution in [0.15, 0.2) is 40.9 Å². The van der Waals surface area contributed by atoms with Gasteiger partial charge in [-0.05, 0) is 52.7 Å². The van der Waals surface area contributed by atoms with Crippen molar-refractivity contribution in [2.24, 2.45) is 0 Å². The first-order valence-corrected chi connectivity index (χ1v) is 8.86. The molecule has 0 saturated heterocycles. The Labute approximate surface area is 156 Å². The topological polar surface area (TPSA) is 39.7 Å². The highest BCUT2D eigenvalue weighted by Gasteiger charge is 2.10. The van der Waals surface area contributed by atoms with Gasteiger partial charge in [0.2, 0.25) is 0 Å². The number of para-hydroxylation sites is 1. The van der Waals surface area contributed by atoms with E-state index in [9.17, 15) is 4.39 Å². The molecule has 0 aliphatic rings. The molecule has 136 valence electrons. The Morgan fingerprint density at radius 2 is 1.76 bits per heavy atom. The average molecular weight is 412 g/mol. The molecular formula is C19H23BrFNO3. The van der Waals surface area contributed by atoms with Crippen LogP contribution in [0.5, 0.6) is 17.2 Å². The number of rotatable bonds is 10. The molecule has 0 spiro atoms. The minimum Gasteiger partial charge on any atom is -0.496 e. The molecule has 0 fully saturated rings. The van der Waals surface area contributed by atoms with Crippen molar-refractivity contribution in [3.63, 3.8) is 0 Å². The van der Waals surface area contributed by atoms with E-state index in [1.165, 1.54) is 0 Å². The van der Waals surface area contributed by atoms with Gasteiger partial charge in [-0.25, -0.2) is 4.39 Å². The minimum atomic E-state index is -0.519. The van der Waals surface area contributed by atoms with E-state index in [1.807, 2.05) is 36.4 Å². The van der Waals surface area contributed by atoms with Crippen LogP contribution in [0, 0.1) is 0 Å². The molecule has 0 saturated carbocycles. The standard InChI is InChI=1S/C19H23BrFNO3/c1-23-17-6-4-3-5-15(17)13-22-9-7-14-11-19(24-2)16(20)12-18(14)25-10-8-21/h3-6,11-12,22H,7-10,13H2,1-2H3. The summed E-state index contributed by atoms with van der Waals surface area (Å²) in [5.41, 5.74) is 2.08. The van der Waals surface area contributed by atoms with Crippen molar-refractivity contribution in [3.8, 4) is 17.2 Å².